The first kappa shape index (κ1) is 16.8. The zero-order chi connectivity index (χ0) is 18.1. The lowest BCUT2D eigenvalue weighted by molar-refractivity contribution is 0.102. The summed E-state index contributed by atoms with van der Waals surface area (Å²) >= 11 is 5.82. The van der Waals surface area contributed by atoms with Crippen LogP contribution in [0.15, 0.2) is 45.8 Å². The van der Waals surface area contributed by atoms with Crippen LogP contribution in [-0.4, -0.2) is 15.6 Å². The molecule has 0 saturated carbocycles. The predicted octanol–water partition coefficient (Wildman–Crippen LogP) is 2.84. The van der Waals surface area contributed by atoms with Crippen LogP contribution in [0, 0.1) is 6.92 Å². The maximum Gasteiger partial charge on any atom is 0.290 e. The van der Waals surface area contributed by atoms with E-state index in [1.165, 1.54) is 17.0 Å². The lowest BCUT2D eigenvalue weighted by atomic mass is 10.1. The molecule has 1 aromatic carbocycles. The number of amides is 1. The van der Waals surface area contributed by atoms with Crippen LogP contribution in [0.25, 0.3) is 11.1 Å². The third-order valence-electron chi connectivity index (χ3n) is 3.74. The molecule has 3 rings (SSSR count). The van der Waals surface area contributed by atoms with Crippen molar-refractivity contribution in [1.82, 2.24) is 9.72 Å². The van der Waals surface area contributed by atoms with Crippen LogP contribution in [0.5, 0.6) is 0 Å². The first-order valence-electron chi connectivity index (χ1n) is 7.37. The van der Waals surface area contributed by atoms with Crippen LogP contribution in [0.1, 0.15) is 16.1 Å². The number of nitrogens with one attached hydrogen (secondary N) is 1. The fourth-order valence-electron chi connectivity index (χ4n) is 2.49. The summed E-state index contributed by atoms with van der Waals surface area (Å²) < 4.78 is 6.46. The second-order valence-corrected chi connectivity index (χ2v) is 5.78. The van der Waals surface area contributed by atoms with Crippen LogP contribution in [-0.2, 0) is 7.05 Å². The number of pyridine rings is 1. The van der Waals surface area contributed by atoms with Crippen LogP contribution < -0.4 is 16.6 Å². The molecule has 0 spiro atoms. The molecular formula is C17H15ClN4O3. The standard InChI is InChI=1S/C17H15ClN4O3/c1-9-13(17(24)22(2)25-9)10-3-5-11(6-4-10)21-16(23)12-7-8-20-15(18)14(12)19/h3-8H,19H2,1-2H3,(H,21,23). The van der Waals surface area contributed by atoms with Crippen LogP contribution in [0.2, 0.25) is 5.15 Å². The van der Waals surface area contributed by atoms with Gasteiger partial charge in [0, 0.05) is 18.9 Å². The van der Waals surface area contributed by atoms with E-state index in [9.17, 15) is 9.59 Å². The molecule has 0 aliphatic rings. The van der Waals surface area contributed by atoms with E-state index in [0.29, 0.717) is 22.6 Å². The first-order valence-corrected chi connectivity index (χ1v) is 7.75. The summed E-state index contributed by atoms with van der Waals surface area (Å²) in [5, 5.41) is 2.81. The van der Waals surface area contributed by atoms with Crippen molar-refractivity contribution >= 4 is 28.9 Å². The number of benzene rings is 1. The molecule has 0 aliphatic carbocycles. The molecular weight excluding hydrogens is 344 g/mol. The van der Waals surface area contributed by atoms with Gasteiger partial charge >= 0.3 is 0 Å². The third-order valence-corrected chi connectivity index (χ3v) is 4.04. The largest absolute Gasteiger partial charge is 0.396 e. The second-order valence-electron chi connectivity index (χ2n) is 5.42. The highest BCUT2D eigenvalue weighted by Gasteiger charge is 2.15. The zero-order valence-corrected chi connectivity index (χ0v) is 14.3. The Hall–Kier alpha value is -3.06. The fraction of sp³-hybridized carbons (Fsp3) is 0.118. The van der Waals surface area contributed by atoms with E-state index in [0.717, 1.165) is 0 Å². The molecule has 0 atom stereocenters. The summed E-state index contributed by atoms with van der Waals surface area (Å²) in [5.41, 5.74) is 7.67. The van der Waals surface area contributed by atoms with E-state index in [1.54, 1.807) is 38.2 Å². The van der Waals surface area contributed by atoms with E-state index >= 15 is 0 Å². The van der Waals surface area contributed by atoms with Gasteiger partial charge in [0.2, 0.25) is 0 Å². The number of hydrogen-bond acceptors (Lipinski definition) is 5. The maximum absolute atomic E-state index is 12.3. The summed E-state index contributed by atoms with van der Waals surface area (Å²) in [6.07, 6.45) is 1.41. The Balaban J connectivity index is 1.85. The predicted molar refractivity (Wildman–Crippen MR) is 95.7 cm³/mol. The Kier molecular flexibility index (Phi) is 4.33. The van der Waals surface area contributed by atoms with Gasteiger partial charge in [-0.3, -0.25) is 9.59 Å². The molecule has 3 aromatic rings. The van der Waals surface area contributed by atoms with Crippen molar-refractivity contribution in [3.05, 3.63) is 63.4 Å². The Bertz CT molecular complexity index is 1010. The van der Waals surface area contributed by atoms with Crippen LogP contribution >= 0.6 is 11.6 Å². The zero-order valence-electron chi connectivity index (χ0n) is 13.5. The number of halogens is 1. The quantitative estimate of drug-likeness (QED) is 0.701. The summed E-state index contributed by atoms with van der Waals surface area (Å²) in [6, 6.07) is 8.34. The molecule has 0 bridgehead atoms. The number of hydrogen-bond donors (Lipinski definition) is 2. The minimum absolute atomic E-state index is 0.0780. The lowest BCUT2D eigenvalue weighted by Crippen LogP contribution is -2.14. The molecule has 7 nitrogen and oxygen atoms in total. The second kappa shape index (κ2) is 6.45. The van der Waals surface area contributed by atoms with Crippen molar-refractivity contribution in [3.8, 4) is 11.1 Å². The highest BCUT2D eigenvalue weighted by molar-refractivity contribution is 6.32. The van der Waals surface area contributed by atoms with Gasteiger partial charge in [-0.1, -0.05) is 23.7 Å². The highest BCUT2D eigenvalue weighted by atomic mass is 35.5. The molecule has 2 aromatic heterocycles. The van der Waals surface area contributed by atoms with Crippen molar-refractivity contribution in [3.63, 3.8) is 0 Å². The number of nitrogens with zero attached hydrogens (tertiary/aromatic N) is 2. The van der Waals surface area contributed by atoms with Crippen LogP contribution in [0.4, 0.5) is 11.4 Å². The SMILES string of the molecule is Cc1on(C)c(=O)c1-c1ccc(NC(=O)c2ccnc(Cl)c2N)cc1. The van der Waals surface area contributed by atoms with Gasteiger partial charge in [0.25, 0.3) is 11.5 Å². The Labute approximate surface area is 148 Å². The summed E-state index contributed by atoms with van der Waals surface area (Å²) in [4.78, 5) is 28.2. The maximum atomic E-state index is 12.3. The highest BCUT2D eigenvalue weighted by Crippen LogP contribution is 2.24. The monoisotopic (exact) mass is 358 g/mol. The van der Waals surface area contributed by atoms with Crippen molar-refractivity contribution in [2.24, 2.45) is 7.05 Å². The van der Waals surface area contributed by atoms with E-state index in [-0.39, 0.29) is 22.0 Å². The first-order chi connectivity index (χ1) is 11.9. The van der Waals surface area contributed by atoms with Gasteiger partial charge in [-0.15, -0.1) is 0 Å². The molecule has 0 saturated heterocycles. The van der Waals surface area contributed by atoms with Gasteiger partial charge in [0.15, 0.2) is 5.15 Å². The van der Waals surface area contributed by atoms with Gasteiger partial charge in [-0.25, -0.2) is 4.98 Å². The molecule has 0 unspecified atom stereocenters. The lowest BCUT2D eigenvalue weighted by Gasteiger charge is -2.08. The Morgan fingerprint density at radius 2 is 1.96 bits per heavy atom. The molecule has 25 heavy (non-hydrogen) atoms. The number of nitrogen functional groups attached to an aromatic ring is 1. The van der Waals surface area contributed by atoms with E-state index in [4.69, 9.17) is 21.9 Å². The normalized spacial score (nSPS) is 10.7. The van der Waals surface area contributed by atoms with Gasteiger partial charge in [-0.2, -0.15) is 4.74 Å². The number of aryl methyl sites for hydroxylation is 2. The van der Waals surface area contributed by atoms with Crippen molar-refractivity contribution in [1.29, 1.82) is 0 Å². The molecule has 0 fully saturated rings. The minimum Gasteiger partial charge on any atom is -0.396 e. The fourth-order valence-corrected chi connectivity index (χ4v) is 2.65. The number of anilines is 2. The van der Waals surface area contributed by atoms with Crippen molar-refractivity contribution < 1.29 is 9.32 Å². The average Bonchev–Trinajstić information content (AvgIpc) is 2.83. The van der Waals surface area contributed by atoms with Gasteiger partial charge in [0.05, 0.1) is 16.8 Å². The molecule has 128 valence electrons. The Morgan fingerprint density at radius 1 is 1.28 bits per heavy atom. The molecule has 1 amide bonds. The molecule has 0 aliphatic heterocycles. The summed E-state index contributed by atoms with van der Waals surface area (Å²) in [5.74, 6) is 0.133. The number of aromatic nitrogens is 2. The van der Waals surface area contributed by atoms with Crippen molar-refractivity contribution in [2.75, 3.05) is 11.1 Å². The van der Waals surface area contributed by atoms with E-state index < -0.39 is 5.91 Å². The van der Waals surface area contributed by atoms with Crippen molar-refractivity contribution in [2.45, 2.75) is 6.92 Å². The summed E-state index contributed by atoms with van der Waals surface area (Å²) in [6.45, 7) is 1.72. The molecule has 3 N–H and O–H groups in total. The third kappa shape index (κ3) is 3.14. The van der Waals surface area contributed by atoms with E-state index in [1.807, 2.05) is 0 Å². The van der Waals surface area contributed by atoms with Gasteiger partial charge in [0.1, 0.15) is 5.76 Å². The smallest absolute Gasteiger partial charge is 0.290 e. The van der Waals surface area contributed by atoms with Gasteiger partial charge < -0.3 is 15.6 Å². The number of rotatable bonds is 3. The minimum atomic E-state index is -0.398. The molecule has 2 heterocycles. The number of nitrogens with two attached hydrogens (primary N) is 1. The summed E-state index contributed by atoms with van der Waals surface area (Å²) in [7, 11) is 1.55. The van der Waals surface area contributed by atoms with Crippen LogP contribution in [0.3, 0.4) is 0 Å². The number of carbonyl (C=O) groups is 1. The topological polar surface area (TPSA) is 103 Å². The molecule has 8 heteroatoms. The average molecular weight is 359 g/mol. The van der Waals surface area contributed by atoms with Gasteiger partial charge in [-0.05, 0) is 30.7 Å². The Morgan fingerprint density at radius 3 is 2.56 bits per heavy atom. The number of carbonyl (C=O) groups excluding carboxylic acids is 1. The van der Waals surface area contributed by atoms with E-state index in [2.05, 4.69) is 10.3 Å². The molecule has 0 radical (unpaired) electrons.